The van der Waals surface area contributed by atoms with Crippen molar-refractivity contribution in [2.45, 2.75) is 29.7 Å². The number of thiazole rings is 1. The lowest BCUT2D eigenvalue weighted by Gasteiger charge is -2.30. The molecule has 2 aromatic carbocycles. The minimum atomic E-state index is -0.736. The molecular formula is C23H18FN3O4S2. The monoisotopic (exact) mass is 483 g/mol. The Labute approximate surface area is 196 Å². The van der Waals surface area contributed by atoms with Crippen LogP contribution in [-0.4, -0.2) is 27.5 Å². The second-order valence-electron chi connectivity index (χ2n) is 7.98. The minimum absolute atomic E-state index is 0.228. The first kappa shape index (κ1) is 21.6. The van der Waals surface area contributed by atoms with E-state index in [0.717, 1.165) is 28.7 Å². The van der Waals surface area contributed by atoms with Gasteiger partial charge in [-0.3, -0.25) is 29.1 Å². The minimum Gasteiger partial charge on any atom is -0.325 e. The predicted octanol–water partition coefficient (Wildman–Crippen LogP) is 2.87. The molecule has 5 rings (SSSR count). The molecule has 1 fully saturated rings. The quantitative estimate of drug-likeness (QED) is 0.557. The highest BCUT2D eigenvalue weighted by atomic mass is 32.2. The maximum atomic E-state index is 13.5. The molecular weight excluding hydrogens is 465 g/mol. The maximum absolute atomic E-state index is 13.5. The summed E-state index contributed by atoms with van der Waals surface area (Å²) < 4.78 is 14.9. The first-order valence-corrected chi connectivity index (χ1v) is 11.9. The fourth-order valence-electron chi connectivity index (χ4n) is 4.19. The van der Waals surface area contributed by atoms with Gasteiger partial charge in [0.25, 0.3) is 0 Å². The molecule has 33 heavy (non-hydrogen) atoms. The predicted molar refractivity (Wildman–Crippen MR) is 123 cm³/mol. The summed E-state index contributed by atoms with van der Waals surface area (Å²) in [4.78, 5) is 50.9. The van der Waals surface area contributed by atoms with Crippen LogP contribution in [0.15, 0.2) is 58.4 Å². The standard InChI is InChI=1S/C23H18FN3O4S2/c1-11-2-8-14(9-3-11)25-15(28)10-27-22-19(33-23(27)31)16(12-4-6-13(24)7-5-12)17-18(32-22)21(30)26-20(17)29/h2-9,16-18H,10H2,1H3,(H,25,28)(H,26,29,30). The van der Waals surface area contributed by atoms with Gasteiger partial charge in [0.05, 0.1) is 10.9 Å². The molecule has 7 nitrogen and oxygen atoms in total. The lowest BCUT2D eigenvalue weighted by molar-refractivity contribution is -0.126. The largest absolute Gasteiger partial charge is 0.325 e. The van der Waals surface area contributed by atoms with Gasteiger partial charge in [-0.15, -0.1) is 0 Å². The van der Waals surface area contributed by atoms with E-state index >= 15 is 0 Å². The molecule has 168 valence electrons. The Morgan fingerprint density at radius 1 is 1.06 bits per heavy atom. The fourth-order valence-corrected chi connectivity index (χ4v) is 6.93. The number of fused-ring (bicyclic) bond motifs is 2. The maximum Gasteiger partial charge on any atom is 0.308 e. The van der Waals surface area contributed by atoms with Crippen molar-refractivity contribution in [3.8, 4) is 0 Å². The van der Waals surface area contributed by atoms with Gasteiger partial charge in [0.1, 0.15) is 17.6 Å². The summed E-state index contributed by atoms with van der Waals surface area (Å²) in [5.74, 6) is -2.95. The number of nitrogens with one attached hydrogen (secondary N) is 2. The van der Waals surface area contributed by atoms with E-state index in [1.54, 1.807) is 24.3 Å². The molecule has 0 saturated carbocycles. The zero-order chi connectivity index (χ0) is 23.3. The number of carbonyl (C=O) groups excluding carboxylic acids is 3. The number of hydrogen-bond donors (Lipinski definition) is 2. The second kappa shape index (κ2) is 8.27. The van der Waals surface area contributed by atoms with Crippen molar-refractivity contribution in [3.63, 3.8) is 0 Å². The third-order valence-corrected chi connectivity index (χ3v) is 8.37. The molecule has 0 bridgehead atoms. The summed E-state index contributed by atoms with van der Waals surface area (Å²) in [5, 5.41) is 4.90. The van der Waals surface area contributed by atoms with E-state index in [4.69, 9.17) is 0 Å². The number of rotatable bonds is 4. The van der Waals surface area contributed by atoms with E-state index in [2.05, 4.69) is 10.6 Å². The summed E-state index contributed by atoms with van der Waals surface area (Å²) in [6.45, 7) is 1.71. The van der Waals surface area contributed by atoms with E-state index < -0.39 is 34.7 Å². The molecule has 3 aromatic rings. The second-order valence-corrected chi connectivity index (χ2v) is 10.1. The zero-order valence-corrected chi connectivity index (χ0v) is 19.0. The van der Waals surface area contributed by atoms with Crippen LogP contribution in [0.25, 0.3) is 0 Å². The molecule has 3 amide bonds. The van der Waals surface area contributed by atoms with Crippen molar-refractivity contribution in [1.29, 1.82) is 0 Å². The molecule has 0 radical (unpaired) electrons. The van der Waals surface area contributed by atoms with Crippen molar-refractivity contribution >= 4 is 46.5 Å². The number of anilines is 1. The van der Waals surface area contributed by atoms with E-state index in [-0.39, 0.29) is 17.3 Å². The zero-order valence-electron chi connectivity index (χ0n) is 17.3. The van der Waals surface area contributed by atoms with Crippen molar-refractivity contribution in [3.05, 3.63) is 80.0 Å². The number of hydrogen-bond acceptors (Lipinski definition) is 6. The average Bonchev–Trinajstić information content (AvgIpc) is 3.24. The van der Waals surface area contributed by atoms with E-state index in [0.29, 0.717) is 21.2 Å². The molecule has 1 aromatic heterocycles. The van der Waals surface area contributed by atoms with Crippen LogP contribution in [0.4, 0.5) is 10.1 Å². The summed E-state index contributed by atoms with van der Waals surface area (Å²) in [5.41, 5.74) is 2.30. The van der Waals surface area contributed by atoms with Crippen LogP contribution in [0.2, 0.25) is 0 Å². The Hall–Kier alpha value is -3.24. The third-order valence-electron chi connectivity index (χ3n) is 5.75. The van der Waals surface area contributed by atoms with Crippen LogP contribution in [0.1, 0.15) is 21.9 Å². The SMILES string of the molecule is Cc1ccc(NC(=O)Cn2c3c(sc2=O)C(c2ccc(F)cc2)C2C(=O)NC(=O)C2S3)cc1. The van der Waals surface area contributed by atoms with Gasteiger partial charge in [0.2, 0.25) is 17.7 Å². The topological polar surface area (TPSA) is 97.3 Å². The summed E-state index contributed by atoms with van der Waals surface area (Å²) in [6, 6.07) is 13.0. The van der Waals surface area contributed by atoms with Crippen molar-refractivity contribution in [2.24, 2.45) is 5.92 Å². The van der Waals surface area contributed by atoms with Gasteiger partial charge < -0.3 is 5.32 Å². The summed E-state index contributed by atoms with van der Waals surface area (Å²) >= 11 is 2.07. The normalized spacial score (nSPS) is 21.3. The molecule has 2 aliphatic rings. The molecule has 1 saturated heterocycles. The highest BCUT2D eigenvalue weighted by Gasteiger charge is 2.52. The van der Waals surface area contributed by atoms with Crippen LogP contribution in [0.5, 0.6) is 0 Å². The Morgan fingerprint density at radius 3 is 2.45 bits per heavy atom. The first-order valence-electron chi connectivity index (χ1n) is 10.2. The Balaban J connectivity index is 1.52. The van der Waals surface area contributed by atoms with Gasteiger partial charge in [0, 0.05) is 16.5 Å². The Kier molecular flexibility index (Phi) is 5.41. The van der Waals surface area contributed by atoms with Gasteiger partial charge in [-0.05, 0) is 36.8 Å². The Morgan fingerprint density at radius 2 is 1.76 bits per heavy atom. The van der Waals surface area contributed by atoms with Gasteiger partial charge >= 0.3 is 4.87 Å². The third kappa shape index (κ3) is 3.89. The highest BCUT2D eigenvalue weighted by Crippen LogP contribution is 2.51. The Bertz CT molecular complexity index is 1330. The van der Waals surface area contributed by atoms with Crippen molar-refractivity contribution in [1.82, 2.24) is 9.88 Å². The number of halogens is 1. The lowest BCUT2D eigenvalue weighted by Crippen LogP contribution is -2.32. The van der Waals surface area contributed by atoms with E-state index in [9.17, 15) is 23.6 Å². The lowest BCUT2D eigenvalue weighted by atomic mass is 9.83. The molecule has 3 atom stereocenters. The van der Waals surface area contributed by atoms with Crippen molar-refractivity contribution in [2.75, 3.05) is 5.32 Å². The molecule has 3 heterocycles. The number of imide groups is 1. The van der Waals surface area contributed by atoms with Gasteiger partial charge in [-0.1, -0.05) is 52.9 Å². The number of aromatic nitrogens is 1. The van der Waals surface area contributed by atoms with Crippen LogP contribution < -0.4 is 15.5 Å². The highest BCUT2D eigenvalue weighted by molar-refractivity contribution is 8.00. The average molecular weight is 484 g/mol. The summed E-state index contributed by atoms with van der Waals surface area (Å²) in [7, 11) is 0. The first-order chi connectivity index (χ1) is 15.8. The number of benzene rings is 2. The van der Waals surface area contributed by atoms with Gasteiger partial charge in [-0.2, -0.15) is 0 Å². The van der Waals surface area contributed by atoms with Crippen LogP contribution in [0.3, 0.4) is 0 Å². The molecule has 2 aliphatic heterocycles. The fraction of sp³-hybridized carbons (Fsp3) is 0.217. The summed E-state index contributed by atoms with van der Waals surface area (Å²) in [6.07, 6.45) is 0. The number of aryl methyl sites for hydroxylation is 1. The van der Waals surface area contributed by atoms with Crippen LogP contribution in [0, 0.1) is 18.7 Å². The van der Waals surface area contributed by atoms with Gasteiger partial charge in [-0.25, -0.2) is 4.39 Å². The number of carbonyl (C=O) groups is 3. The molecule has 3 unspecified atom stereocenters. The number of amides is 3. The van der Waals surface area contributed by atoms with Crippen LogP contribution >= 0.6 is 23.1 Å². The molecule has 0 aliphatic carbocycles. The molecule has 2 N–H and O–H groups in total. The number of nitrogens with zero attached hydrogens (tertiary/aromatic N) is 1. The number of thioether (sulfide) groups is 1. The van der Waals surface area contributed by atoms with E-state index in [1.165, 1.54) is 16.7 Å². The molecule has 0 spiro atoms. The van der Waals surface area contributed by atoms with Crippen LogP contribution in [-0.2, 0) is 20.9 Å². The van der Waals surface area contributed by atoms with Gasteiger partial charge in [0.15, 0.2) is 0 Å². The van der Waals surface area contributed by atoms with E-state index in [1.807, 2.05) is 19.1 Å². The smallest absolute Gasteiger partial charge is 0.308 e. The molecule has 10 heteroatoms. The van der Waals surface area contributed by atoms with Crippen molar-refractivity contribution < 1.29 is 18.8 Å².